The summed E-state index contributed by atoms with van der Waals surface area (Å²) < 4.78 is 5.23. The number of hydrogen-bond donors (Lipinski definition) is 2. The van der Waals surface area contributed by atoms with Gasteiger partial charge in [-0.1, -0.05) is 0 Å². The lowest BCUT2D eigenvalue weighted by atomic mass is 9.98. The molecule has 2 aromatic rings. The van der Waals surface area contributed by atoms with Crippen LogP contribution < -0.4 is 4.74 Å². The van der Waals surface area contributed by atoms with Gasteiger partial charge < -0.3 is 19.7 Å². The van der Waals surface area contributed by atoms with Gasteiger partial charge in [-0.15, -0.1) is 0 Å². The van der Waals surface area contributed by atoms with Gasteiger partial charge in [0.05, 0.1) is 13.5 Å². The molecule has 0 spiro atoms. The first-order valence-electron chi connectivity index (χ1n) is 7.63. The number of carbonyl (C=O) groups is 2. The van der Waals surface area contributed by atoms with E-state index in [0.29, 0.717) is 13.0 Å². The van der Waals surface area contributed by atoms with Crippen molar-refractivity contribution in [2.75, 3.05) is 13.7 Å². The van der Waals surface area contributed by atoms with Crippen molar-refractivity contribution in [3.63, 3.8) is 0 Å². The van der Waals surface area contributed by atoms with Crippen LogP contribution in [0.2, 0.25) is 0 Å². The fraction of sp³-hybridized carbons (Fsp3) is 0.412. The van der Waals surface area contributed by atoms with Gasteiger partial charge in [-0.25, -0.2) is 4.79 Å². The molecule has 1 fully saturated rings. The second-order valence-corrected chi connectivity index (χ2v) is 6.13. The smallest absolute Gasteiger partial charge is 0.329 e. The summed E-state index contributed by atoms with van der Waals surface area (Å²) in [6, 6.07) is 5.64. The average Bonchev–Trinajstić information content (AvgIpc) is 3.11. The van der Waals surface area contributed by atoms with Crippen LogP contribution in [0.15, 0.2) is 24.4 Å². The highest BCUT2D eigenvalue weighted by molar-refractivity contribution is 5.92. The lowest BCUT2D eigenvalue weighted by molar-refractivity contribution is -0.155. The number of aromatic nitrogens is 1. The highest BCUT2D eigenvalue weighted by atomic mass is 16.5. The molecule has 2 N–H and O–H groups in total. The van der Waals surface area contributed by atoms with E-state index in [1.165, 1.54) is 4.90 Å². The molecule has 0 radical (unpaired) electrons. The van der Waals surface area contributed by atoms with Crippen LogP contribution in [-0.4, -0.2) is 46.1 Å². The monoisotopic (exact) mass is 316 g/mol. The molecule has 1 aliphatic heterocycles. The number of ether oxygens (including phenoxy) is 1. The number of hydrogen-bond acceptors (Lipinski definition) is 3. The lowest BCUT2D eigenvalue weighted by Crippen LogP contribution is -2.51. The van der Waals surface area contributed by atoms with Gasteiger partial charge in [-0.2, -0.15) is 0 Å². The normalized spacial score (nSPS) is 20.9. The van der Waals surface area contributed by atoms with E-state index < -0.39 is 11.5 Å². The third-order valence-electron chi connectivity index (χ3n) is 4.72. The van der Waals surface area contributed by atoms with Crippen molar-refractivity contribution in [3.05, 3.63) is 30.0 Å². The Morgan fingerprint density at radius 3 is 2.91 bits per heavy atom. The number of fused-ring (bicyclic) bond motifs is 1. The van der Waals surface area contributed by atoms with E-state index >= 15 is 0 Å². The number of carboxylic acids is 1. The maximum absolute atomic E-state index is 12.6. The number of aromatic amines is 1. The van der Waals surface area contributed by atoms with Crippen molar-refractivity contribution in [1.82, 2.24) is 9.88 Å². The summed E-state index contributed by atoms with van der Waals surface area (Å²) in [7, 11) is 1.60. The topological polar surface area (TPSA) is 82.6 Å². The molecule has 6 heteroatoms. The molecule has 0 saturated carbocycles. The molecular weight excluding hydrogens is 296 g/mol. The maximum Gasteiger partial charge on any atom is 0.329 e. The van der Waals surface area contributed by atoms with Crippen molar-refractivity contribution in [2.45, 2.75) is 31.7 Å². The average molecular weight is 316 g/mol. The third-order valence-corrected chi connectivity index (χ3v) is 4.72. The van der Waals surface area contributed by atoms with Crippen molar-refractivity contribution < 1.29 is 19.4 Å². The molecule has 1 aliphatic rings. The van der Waals surface area contributed by atoms with Crippen molar-refractivity contribution in [2.24, 2.45) is 0 Å². The van der Waals surface area contributed by atoms with E-state index in [0.717, 1.165) is 28.6 Å². The molecule has 1 aromatic heterocycles. The van der Waals surface area contributed by atoms with Crippen LogP contribution in [0, 0.1) is 0 Å². The maximum atomic E-state index is 12.6. The zero-order valence-electron chi connectivity index (χ0n) is 13.3. The fourth-order valence-corrected chi connectivity index (χ4v) is 3.27. The second-order valence-electron chi connectivity index (χ2n) is 6.13. The molecule has 1 amide bonds. The number of H-pyrrole nitrogens is 1. The minimum atomic E-state index is -1.10. The number of benzene rings is 1. The Hall–Kier alpha value is -2.50. The van der Waals surface area contributed by atoms with Crippen molar-refractivity contribution >= 4 is 22.8 Å². The number of nitrogens with zero attached hydrogens (tertiary/aromatic N) is 1. The van der Waals surface area contributed by atoms with Gasteiger partial charge in [0.25, 0.3) is 0 Å². The zero-order chi connectivity index (χ0) is 16.6. The Morgan fingerprint density at radius 1 is 1.43 bits per heavy atom. The van der Waals surface area contributed by atoms with Crippen LogP contribution in [0.3, 0.4) is 0 Å². The molecule has 1 aromatic carbocycles. The van der Waals surface area contributed by atoms with Crippen LogP contribution >= 0.6 is 0 Å². The number of nitrogens with one attached hydrogen (secondary N) is 1. The van der Waals surface area contributed by atoms with Gasteiger partial charge in [0.1, 0.15) is 11.3 Å². The quantitative estimate of drug-likeness (QED) is 0.906. The molecular formula is C17H20N2O4. The minimum Gasteiger partial charge on any atom is -0.497 e. The molecule has 1 saturated heterocycles. The van der Waals surface area contributed by atoms with Gasteiger partial charge in [0, 0.05) is 23.6 Å². The fourth-order valence-electron chi connectivity index (χ4n) is 3.27. The number of carbonyl (C=O) groups excluding carboxylic acids is 1. The summed E-state index contributed by atoms with van der Waals surface area (Å²) in [4.78, 5) is 28.8. The SMILES string of the molecule is COc1ccc2[nH]cc(CC(=O)N3CCCC3(C)C(=O)O)c2c1. The number of amides is 1. The Kier molecular flexibility index (Phi) is 3.75. The number of aliphatic carboxylic acids is 1. The Balaban J connectivity index is 1.87. The Morgan fingerprint density at radius 2 is 2.22 bits per heavy atom. The first-order chi connectivity index (χ1) is 11.0. The van der Waals surface area contributed by atoms with Crippen LogP contribution in [0.1, 0.15) is 25.3 Å². The number of carboxylic acid groups (broad SMARTS) is 1. The number of rotatable bonds is 4. The largest absolute Gasteiger partial charge is 0.497 e. The van der Waals surface area contributed by atoms with Crippen LogP contribution in [0.4, 0.5) is 0 Å². The second kappa shape index (κ2) is 5.61. The lowest BCUT2D eigenvalue weighted by Gasteiger charge is -2.31. The molecule has 6 nitrogen and oxygen atoms in total. The molecule has 0 aliphatic carbocycles. The first-order valence-corrected chi connectivity index (χ1v) is 7.63. The van der Waals surface area contributed by atoms with E-state index in [1.54, 1.807) is 20.2 Å². The van der Waals surface area contributed by atoms with E-state index in [4.69, 9.17) is 4.74 Å². The van der Waals surface area contributed by atoms with Gasteiger partial charge in [0.15, 0.2) is 0 Å². The molecule has 1 unspecified atom stereocenters. The molecule has 2 heterocycles. The zero-order valence-corrected chi connectivity index (χ0v) is 13.3. The summed E-state index contributed by atoms with van der Waals surface area (Å²) in [5.74, 6) is -0.373. The highest BCUT2D eigenvalue weighted by Gasteiger charge is 2.45. The predicted molar refractivity (Wildman–Crippen MR) is 85.5 cm³/mol. The number of methoxy groups -OCH3 is 1. The third kappa shape index (κ3) is 2.54. The molecule has 1 atom stereocenters. The summed E-state index contributed by atoms with van der Waals surface area (Å²) in [5, 5.41) is 10.4. The molecule has 0 bridgehead atoms. The van der Waals surface area contributed by atoms with E-state index in [2.05, 4.69) is 4.98 Å². The Bertz CT molecular complexity index is 767. The summed E-state index contributed by atoms with van der Waals surface area (Å²) in [6.45, 7) is 2.12. The Labute approximate surface area is 134 Å². The van der Waals surface area contributed by atoms with E-state index in [1.807, 2.05) is 18.2 Å². The van der Waals surface area contributed by atoms with Gasteiger partial charge in [-0.3, -0.25) is 4.79 Å². The van der Waals surface area contributed by atoms with Crippen LogP contribution in [0.5, 0.6) is 5.75 Å². The van der Waals surface area contributed by atoms with E-state index in [-0.39, 0.29) is 12.3 Å². The summed E-state index contributed by atoms with van der Waals surface area (Å²) >= 11 is 0. The molecule has 23 heavy (non-hydrogen) atoms. The van der Waals surface area contributed by atoms with Gasteiger partial charge >= 0.3 is 5.97 Å². The van der Waals surface area contributed by atoms with Crippen LogP contribution in [0.25, 0.3) is 10.9 Å². The summed E-state index contributed by atoms with van der Waals surface area (Å²) in [5.41, 5.74) is 0.681. The molecule has 3 rings (SSSR count). The van der Waals surface area contributed by atoms with Crippen molar-refractivity contribution in [1.29, 1.82) is 0 Å². The van der Waals surface area contributed by atoms with Crippen LogP contribution in [-0.2, 0) is 16.0 Å². The minimum absolute atomic E-state index is 0.156. The highest BCUT2D eigenvalue weighted by Crippen LogP contribution is 2.31. The summed E-state index contributed by atoms with van der Waals surface area (Å²) in [6.07, 6.45) is 3.19. The number of likely N-dealkylation sites (tertiary alicyclic amines) is 1. The predicted octanol–water partition coefficient (Wildman–Crippen LogP) is 2.18. The van der Waals surface area contributed by atoms with Crippen molar-refractivity contribution in [3.8, 4) is 5.75 Å². The molecule has 122 valence electrons. The van der Waals surface area contributed by atoms with Gasteiger partial charge in [-0.05, 0) is 43.5 Å². The first kappa shape index (κ1) is 15.4. The standard InChI is InChI=1S/C17H20N2O4/c1-17(16(21)22)6-3-7-19(17)15(20)8-11-10-18-14-5-4-12(23-2)9-13(11)14/h4-5,9-10,18H,3,6-8H2,1-2H3,(H,21,22). The van der Waals surface area contributed by atoms with Gasteiger partial charge in [0.2, 0.25) is 5.91 Å². The van der Waals surface area contributed by atoms with E-state index in [9.17, 15) is 14.7 Å².